The molecule has 0 heteroatoms. The fourth-order valence-electron chi connectivity index (χ4n) is 1.18. The van der Waals surface area contributed by atoms with E-state index in [1.165, 1.54) is 25.7 Å². The summed E-state index contributed by atoms with van der Waals surface area (Å²) in [4.78, 5) is 0. The third kappa shape index (κ3) is 11.2. The van der Waals surface area contributed by atoms with E-state index >= 15 is 0 Å². The minimum atomic E-state index is 1.06. The molecule has 0 aliphatic rings. The molecule has 0 aromatic carbocycles. The van der Waals surface area contributed by atoms with Crippen molar-refractivity contribution in [3.8, 4) is 0 Å². The first kappa shape index (κ1) is 13.2. The Morgan fingerprint density at radius 1 is 0.929 bits per heavy atom. The lowest BCUT2D eigenvalue weighted by Gasteiger charge is -1.93. The van der Waals surface area contributed by atoms with Crippen molar-refractivity contribution < 1.29 is 0 Å². The molecule has 0 unspecified atom stereocenters. The van der Waals surface area contributed by atoms with Crippen LogP contribution in [0.2, 0.25) is 0 Å². The van der Waals surface area contributed by atoms with Gasteiger partial charge in [-0.25, -0.2) is 0 Å². The topological polar surface area (TPSA) is 0 Å². The lowest BCUT2D eigenvalue weighted by atomic mass is 10.1. The molecule has 0 nitrogen and oxygen atoms in total. The van der Waals surface area contributed by atoms with Gasteiger partial charge in [-0.1, -0.05) is 62.6 Å². The third-order valence-electron chi connectivity index (χ3n) is 2.00. The Hall–Kier alpha value is -0.780. The molecule has 79 valence electrons. The van der Waals surface area contributed by atoms with Gasteiger partial charge in [0.15, 0.2) is 0 Å². The van der Waals surface area contributed by atoms with Crippen LogP contribution in [-0.2, 0) is 0 Å². The lowest BCUT2D eigenvalue weighted by molar-refractivity contribution is 0.694. The number of allylic oxidation sites excluding steroid dienone is 6. The van der Waals surface area contributed by atoms with Crippen molar-refractivity contribution in [2.24, 2.45) is 0 Å². The van der Waals surface area contributed by atoms with Gasteiger partial charge in [-0.2, -0.15) is 0 Å². The molecular weight excluding hydrogens is 168 g/mol. The lowest BCUT2D eigenvalue weighted by Crippen LogP contribution is -1.73. The average Bonchev–Trinajstić information content (AvgIpc) is 2.21. The molecule has 0 saturated carbocycles. The van der Waals surface area contributed by atoms with Crippen LogP contribution < -0.4 is 0 Å². The van der Waals surface area contributed by atoms with Gasteiger partial charge in [0.05, 0.1) is 0 Å². The van der Waals surface area contributed by atoms with Gasteiger partial charge in [0, 0.05) is 0 Å². The number of rotatable bonds is 8. The predicted molar refractivity (Wildman–Crippen MR) is 66.2 cm³/mol. The Bertz CT molecular complexity index is 172. The Morgan fingerprint density at radius 2 is 1.79 bits per heavy atom. The van der Waals surface area contributed by atoms with E-state index in [1.54, 1.807) is 0 Å². The van der Waals surface area contributed by atoms with E-state index in [9.17, 15) is 0 Å². The summed E-state index contributed by atoms with van der Waals surface area (Å²) < 4.78 is 0. The average molecular weight is 191 g/mol. The smallest absolute Gasteiger partial charge is 0.0166 e. The van der Waals surface area contributed by atoms with Gasteiger partial charge in [0.1, 0.15) is 0 Å². The van der Waals surface area contributed by atoms with Crippen molar-refractivity contribution in [2.45, 2.75) is 45.4 Å². The minimum Gasteiger partial charge on any atom is -0.0882 e. The van der Waals surface area contributed by atoms with Gasteiger partial charge in [0.2, 0.25) is 0 Å². The van der Waals surface area contributed by atoms with Crippen LogP contribution in [-0.4, -0.2) is 0 Å². The Kier molecular flexibility index (Phi) is 11.5. The molecule has 1 radical (unpaired) electrons. The van der Waals surface area contributed by atoms with Crippen LogP contribution >= 0.6 is 0 Å². The van der Waals surface area contributed by atoms with Crippen LogP contribution in [0.3, 0.4) is 0 Å². The van der Waals surface area contributed by atoms with Gasteiger partial charge < -0.3 is 0 Å². The highest BCUT2D eigenvalue weighted by Crippen LogP contribution is 2.03. The van der Waals surface area contributed by atoms with E-state index in [1.807, 2.05) is 13.0 Å². The van der Waals surface area contributed by atoms with Gasteiger partial charge >= 0.3 is 0 Å². The SMILES string of the molecule is [CH2]CCCCCC=CCC=CC=CC. The summed E-state index contributed by atoms with van der Waals surface area (Å²) in [5.74, 6) is 0. The molecule has 0 heterocycles. The molecule has 0 atom stereocenters. The molecule has 0 aromatic heterocycles. The zero-order chi connectivity index (χ0) is 10.5. The van der Waals surface area contributed by atoms with E-state index in [2.05, 4.69) is 37.3 Å². The molecule has 0 spiro atoms. The van der Waals surface area contributed by atoms with E-state index < -0.39 is 0 Å². The predicted octanol–water partition coefficient (Wildman–Crippen LogP) is 4.85. The molecule has 0 bridgehead atoms. The maximum absolute atomic E-state index is 3.83. The second-order valence-electron chi connectivity index (χ2n) is 3.36. The second-order valence-corrected chi connectivity index (χ2v) is 3.36. The molecule has 14 heavy (non-hydrogen) atoms. The number of hydrogen-bond acceptors (Lipinski definition) is 0. The zero-order valence-corrected chi connectivity index (χ0v) is 9.41. The van der Waals surface area contributed by atoms with Gasteiger partial charge in [-0.15, -0.1) is 0 Å². The quantitative estimate of drug-likeness (QED) is 0.292. The first-order chi connectivity index (χ1) is 6.91. The molecule has 0 aromatic rings. The maximum atomic E-state index is 3.83. The third-order valence-corrected chi connectivity index (χ3v) is 2.00. The van der Waals surface area contributed by atoms with Crippen molar-refractivity contribution in [3.63, 3.8) is 0 Å². The van der Waals surface area contributed by atoms with E-state index in [-0.39, 0.29) is 0 Å². The standard InChI is InChI=1S/C14H23/c1-3-5-7-9-11-13-14-12-10-8-6-4-2/h4,6,8,10,13-14H,1,3,5,7,9,11-12H2,2H3. The van der Waals surface area contributed by atoms with Crippen LogP contribution in [0.4, 0.5) is 0 Å². The van der Waals surface area contributed by atoms with Gasteiger partial charge in [-0.05, 0) is 26.2 Å². The molecule has 0 N–H and O–H groups in total. The van der Waals surface area contributed by atoms with Gasteiger partial charge in [-0.3, -0.25) is 0 Å². The molecule has 0 aliphatic heterocycles. The molecule has 0 rings (SSSR count). The fraction of sp³-hybridized carbons (Fsp3) is 0.500. The van der Waals surface area contributed by atoms with Crippen molar-refractivity contribution in [2.75, 3.05) is 0 Å². The highest BCUT2D eigenvalue weighted by Gasteiger charge is 1.83. The Labute approximate surface area is 89.4 Å². The normalized spacial score (nSPS) is 12.4. The first-order valence-electron chi connectivity index (χ1n) is 5.64. The monoisotopic (exact) mass is 191 g/mol. The zero-order valence-electron chi connectivity index (χ0n) is 9.41. The van der Waals surface area contributed by atoms with Crippen molar-refractivity contribution in [3.05, 3.63) is 43.4 Å². The van der Waals surface area contributed by atoms with Crippen LogP contribution in [0, 0.1) is 6.92 Å². The molecule has 0 saturated heterocycles. The first-order valence-corrected chi connectivity index (χ1v) is 5.64. The summed E-state index contributed by atoms with van der Waals surface area (Å²) in [6.45, 7) is 5.86. The minimum absolute atomic E-state index is 1.06. The van der Waals surface area contributed by atoms with Crippen LogP contribution in [0.25, 0.3) is 0 Å². The molecule has 0 fully saturated rings. The Balaban J connectivity index is 3.19. The highest BCUT2D eigenvalue weighted by atomic mass is 13.9. The maximum Gasteiger partial charge on any atom is -0.0166 e. The summed E-state index contributed by atoms with van der Waals surface area (Å²) in [5.41, 5.74) is 0. The van der Waals surface area contributed by atoms with Crippen molar-refractivity contribution >= 4 is 0 Å². The summed E-state index contributed by atoms with van der Waals surface area (Å²) in [6.07, 6.45) is 20.1. The van der Waals surface area contributed by atoms with Crippen LogP contribution in [0.15, 0.2) is 36.5 Å². The Morgan fingerprint density at radius 3 is 2.50 bits per heavy atom. The fourth-order valence-corrected chi connectivity index (χ4v) is 1.18. The van der Waals surface area contributed by atoms with Crippen LogP contribution in [0.5, 0.6) is 0 Å². The molecule has 0 aliphatic carbocycles. The second kappa shape index (κ2) is 12.2. The van der Waals surface area contributed by atoms with Crippen molar-refractivity contribution in [1.82, 2.24) is 0 Å². The summed E-state index contributed by atoms with van der Waals surface area (Å²) in [5, 5.41) is 0. The largest absolute Gasteiger partial charge is 0.0882 e. The van der Waals surface area contributed by atoms with Gasteiger partial charge in [0.25, 0.3) is 0 Å². The molecular formula is C14H23. The van der Waals surface area contributed by atoms with E-state index in [4.69, 9.17) is 0 Å². The molecule has 0 amide bonds. The van der Waals surface area contributed by atoms with E-state index in [0.717, 1.165) is 12.8 Å². The number of hydrogen-bond donors (Lipinski definition) is 0. The highest BCUT2D eigenvalue weighted by molar-refractivity contribution is 5.03. The summed E-state index contributed by atoms with van der Waals surface area (Å²) in [7, 11) is 0. The van der Waals surface area contributed by atoms with E-state index in [0.29, 0.717) is 0 Å². The summed E-state index contributed by atoms with van der Waals surface area (Å²) >= 11 is 0. The number of unbranched alkanes of at least 4 members (excludes halogenated alkanes) is 4. The van der Waals surface area contributed by atoms with Crippen LogP contribution in [0.1, 0.15) is 45.4 Å². The van der Waals surface area contributed by atoms with Crippen molar-refractivity contribution in [1.29, 1.82) is 0 Å². The summed E-state index contributed by atoms with van der Waals surface area (Å²) in [6, 6.07) is 0.